The molecule has 0 aliphatic heterocycles. The van der Waals surface area contributed by atoms with Crippen molar-refractivity contribution < 1.29 is 19.1 Å². The van der Waals surface area contributed by atoms with Crippen molar-refractivity contribution in [3.63, 3.8) is 0 Å². The van der Waals surface area contributed by atoms with Gasteiger partial charge in [-0.05, 0) is 17.5 Å². The number of rotatable bonds is 8. The van der Waals surface area contributed by atoms with E-state index in [-0.39, 0.29) is 62.8 Å². The van der Waals surface area contributed by atoms with Crippen LogP contribution in [0.5, 0.6) is 0 Å². The molecule has 0 radical (unpaired) electrons. The van der Waals surface area contributed by atoms with Crippen LogP contribution >= 0.6 is 24.8 Å². The summed E-state index contributed by atoms with van der Waals surface area (Å²) in [7, 11) is 0. The van der Waals surface area contributed by atoms with Crippen LogP contribution in [0.3, 0.4) is 0 Å². The van der Waals surface area contributed by atoms with Crippen LogP contribution in [0.4, 0.5) is 0 Å². The van der Waals surface area contributed by atoms with Crippen molar-refractivity contribution in [3.8, 4) is 0 Å². The van der Waals surface area contributed by atoms with Crippen molar-refractivity contribution in [2.45, 2.75) is 32.5 Å². The van der Waals surface area contributed by atoms with Crippen molar-refractivity contribution >= 4 is 36.8 Å². The van der Waals surface area contributed by atoms with Crippen LogP contribution in [0.25, 0.3) is 0 Å². The Balaban J connectivity index is 0.00000288. The van der Waals surface area contributed by atoms with Gasteiger partial charge in [0.1, 0.15) is 13.2 Å². The number of esters is 2. The highest BCUT2D eigenvalue weighted by atomic mass is 35.5. The summed E-state index contributed by atoms with van der Waals surface area (Å²) in [6.07, 6.45) is 0.863. The van der Waals surface area contributed by atoms with Crippen molar-refractivity contribution in [2.24, 2.45) is 0 Å². The summed E-state index contributed by atoms with van der Waals surface area (Å²) >= 11 is 0. The monoisotopic (exact) mass is 384 g/mol. The number of ether oxygens (including phenoxy) is 2. The zero-order chi connectivity index (χ0) is 16.3. The molecule has 0 aliphatic rings. The topological polar surface area (TPSA) is 52.6 Å². The Morgan fingerprint density at radius 3 is 1.36 bits per heavy atom. The molecule has 0 N–H and O–H groups in total. The van der Waals surface area contributed by atoms with Crippen LogP contribution in [0.1, 0.15) is 30.4 Å². The van der Waals surface area contributed by atoms with E-state index in [1.165, 1.54) is 0 Å². The van der Waals surface area contributed by atoms with E-state index in [1.807, 2.05) is 60.7 Å². The van der Waals surface area contributed by atoms with E-state index in [9.17, 15) is 9.59 Å². The van der Waals surface area contributed by atoms with Gasteiger partial charge in [-0.15, -0.1) is 24.8 Å². The van der Waals surface area contributed by atoms with Gasteiger partial charge in [-0.3, -0.25) is 9.59 Å². The molecule has 0 saturated carbocycles. The second kappa shape index (κ2) is 13.3. The third kappa shape index (κ3) is 9.75. The molecule has 25 heavy (non-hydrogen) atoms. The standard InChI is InChI=1S/C19H20O4.2ClH/c20-18(22-14-16-8-3-1-4-9-16)12-7-13-19(21)23-15-17-10-5-2-6-11-17;;/h1-6,8-11H,7,12-15H2;2*1H. The summed E-state index contributed by atoms with van der Waals surface area (Å²) in [5, 5.41) is 0. The van der Waals surface area contributed by atoms with Gasteiger partial charge in [0.05, 0.1) is 0 Å². The fourth-order valence-corrected chi connectivity index (χ4v) is 2.00. The summed E-state index contributed by atoms with van der Waals surface area (Å²) in [6.45, 7) is 0.524. The maximum Gasteiger partial charge on any atom is 0.306 e. The Morgan fingerprint density at radius 1 is 0.640 bits per heavy atom. The number of carbonyl (C=O) groups excluding carboxylic acids is 2. The Morgan fingerprint density at radius 2 is 1.00 bits per heavy atom. The van der Waals surface area contributed by atoms with E-state index in [4.69, 9.17) is 9.47 Å². The minimum absolute atomic E-state index is 0. The van der Waals surface area contributed by atoms with Crippen molar-refractivity contribution in [1.82, 2.24) is 0 Å². The van der Waals surface area contributed by atoms with Crippen LogP contribution < -0.4 is 0 Å². The van der Waals surface area contributed by atoms with Gasteiger partial charge in [-0.1, -0.05) is 60.7 Å². The van der Waals surface area contributed by atoms with Crippen LogP contribution in [-0.2, 0) is 32.3 Å². The van der Waals surface area contributed by atoms with Gasteiger partial charge >= 0.3 is 11.9 Å². The van der Waals surface area contributed by atoms with E-state index in [2.05, 4.69) is 0 Å². The quantitative estimate of drug-likeness (QED) is 0.629. The fraction of sp³-hybridized carbons (Fsp3) is 0.263. The average molecular weight is 385 g/mol. The van der Waals surface area contributed by atoms with Crippen LogP contribution in [0.15, 0.2) is 60.7 Å². The highest BCUT2D eigenvalue weighted by Crippen LogP contribution is 2.06. The molecular weight excluding hydrogens is 363 g/mol. The highest BCUT2D eigenvalue weighted by molar-refractivity contribution is 5.85. The molecule has 0 atom stereocenters. The van der Waals surface area contributed by atoms with Gasteiger partial charge in [0.15, 0.2) is 0 Å². The van der Waals surface area contributed by atoms with Crippen LogP contribution in [-0.4, -0.2) is 11.9 Å². The summed E-state index contributed by atoms with van der Waals surface area (Å²) in [5.74, 6) is -0.602. The number of halogens is 2. The summed E-state index contributed by atoms with van der Waals surface area (Å²) in [6, 6.07) is 19.0. The van der Waals surface area contributed by atoms with E-state index in [1.54, 1.807) is 0 Å². The zero-order valence-electron chi connectivity index (χ0n) is 13.8. The van der Waals surface area contributed by atoms with Gasteiger partial charge in [0, 0.05) is 12.8 Å². The molecule has 4 nitrogen and oxygen atoms in total. The molecule has 0 saturated heterocycles. The molecule has 6 heteroatoms. The predicted molar refractivity (Wildman–Crippen MR) is 101 cm³/mol. The van der Waals surface area contributed by atoms with Crippen molar-refractivity contribution in [1.29, 1.82) is 0 Å². The highest BCUT2D eigenvalue weighted by Gasteiger charge is 2.08. The fourth-order valence-electron chi connectivity index (χ4n) is 2.00. The second-order valence-corrected chi connectivity index (χ2v) is 5.15. The van der Waals surface area contributed by atoms with Gasteiger partial charge in [-0.2, -0.15) is 0 Å². The number of carbonyl (C=O) groups is 2. The Labute approximate surface area is 160 Å². The van der Waals surface area contributed by atoms with Crippen LogP contribution in [0, 0.1) is 0 Å². The first-order valence-electron chi connectivity index (χ1n) is 7.63. The molecule has 0 fully saturated rings. The van der Waals surface area contributed by atoms with E-state index < -0.39 is 0 Å². The summed E-state index contributed by atoms with van der Waals surface area (Å²) in [5.41, 5.74) is 1.89. The first-order valence-corrected chi connectivity index (χ1v) is 7.63. The minimum atomic E-state index is -0.301. The first kappa shape index (κ1) is 23.0. The molecule has 2 rings (SSSR count). The van der Waals surface area contributed by atoms with Crippen LogP contribution in [0.2, 0.25) is 0 Å². The van der Waals surface area contributed by atoms with Crippen molar-refractivity contribution in [3.05, 3.63) is 71.8 Å². The third-order valence-corrected chi connectivity index (χ3v) is 3.25. The smallest absolute Gasteiger partial charge is 0.306 e. The van der Waals surface area contributed by atoms with Crippen molar-refractivity contribution in [2.75, 3.05) is 0 Å². The molecular formula is C19H22Cl2O4. The molecule has 2 aromatic rings. The normalized spacial score (nSPS) is 9.28. The molecule has 136 valence electrons. The molecule has 0 aromatic heterocycles. The molecule has 0 heterocycles. The minimum Gasteiger partial charge on any atom is -0.461 e. The lowest BCUT2D eigenvalue weighted by molar-refractivity contribution is -0.146. The second-order valence-electron chi connectivity index (χ2n) is 5.15. The number of benzene rings is 2. The SMILES string of the molecule is Cl.Cl.O=C(CCCC(=O)OCc1ccccc1)OCc1ccccc1. The first-order chi connectivity index (χ1) is 11.2. The maximum atomic E-state index is 11.6. The van der Waals surface area contributed by atoms with Gasteiger partial charge in [0.2, 0.25) is 0 Å². The number of hydrogen-bond acceptors (Lipinski definition) is 4. The average Bonchev–Trinajstić information content (AvgIpc) is 2.60. The van der Waals surface area contributed by atoms with E-state index in [0.717, 1.165) is 11.1 Å². The Kier molecular flexibility index (Phi) is 12.2. The lowest BCUT2D eigenvalue weighted by atomic mass is 10.2. The van der Waals surface area contributed by atoms with Gasteiger partial charge < -0.3 is 9.47 Å². The molecule has 0 aliphatic carbocycles. The lowest BCUT2D eigenvalue weighted by Crippen LogP contribution is -2.08. The van der Waals surface area contributed by atoms with E-state index in [0.29, 0.717) is 6.42 Å². The molecule has 0 amide bonds. The molecule has 0 spiro atoms. The molecule has 2 aromatic carbocycles. The van der Waals surface area contributed by atoms with Gasteiger partial charge in [0.25, 0.3) is 0 Å². The Hall–Kier alpha value is -2.04. The number of hydrogen-bond donors (Lipinski definition) is 0. The van der Waals surface area contributed by atoms with Gasteiger partial charge in [-0.25, -0.2) is 0 Å². The summed E-state index contributed by atoms with van der Waals surface area (Å²) in [4.78, 5) is 23.2. The predicted octanol–water partition coefficient (Wildman–Crippen LogP) is 4.49. The van der Waals surface area contributed by atoms with E-state index >= 15 is 0 Å². The molecule has 0 unspecified atom stereocenters. The largest absolute Gasteiger partial charge is 0.461 e. The maximum absolute atomic E-state index is 11.6. The Bertz CT molecular complexity index is 562. The zero-order valence-corrected chi connectivity index (χ0v) is 15.4. The third-order valence-electron chi connectivity index (χ3n) is 3.25. The lowest BCUT2D eigenvalue weighted by Gasteiger charge is -2.06. The molecule has 0 bridgehead atoms. The summed E-state index contributed by atoms with van der Waals surface area (Å²) < 4.78 is 10.3.